The van der Waals surface area contributed by atoms with Crippen LogP contribution < -0.4 is 0 Å². The van der Waals surface area contributed by atoms with Gasteiger partial charge in [-0.15, -0.1) is 0 Å². The SMILES string of the molecule is CC1CCC(C(=O)O)C(N2CCOC(C)(C)C2)C1. The normalized spacial score (nSPS) is 37.4. The summed E-state index contributed by atoms with van der Waals surface area (Å²) < 4.78 is 5.72. The van der Waals surface area contributed by atoms with Gasteiger partial charge in [0, 0.05) is 19.1 Å². The molecule has 1 heterocycles. The van der Waals surface area contributed by atoms with E-state index in [9.17, 15) is 9.90 Å². The van der Waals surface area contributed by atoms with Crippen molar-refractivity contribution in [2.24, 2.45) is 11.8 Å². The first kappa shape index (κ1) is 13.8. The Morgan fingerprint density at radius 3 is 2.72 bits per heavy atom. The quantitative estimate of drug-likeness (QED) is 0.820. The van der Waals surface area contributed by atoms with Crippen LogP contribution in [0.2, 0.25) is 0 Å². The van der Waals surface area contributed by atoms with Crippen molar-refractivity contribution in [1.82, 2.24) is 4.90 Å². The van der Waals surface area contributed by atoms with Gasteiger partial charge in [-0.2, -0.15) is 0 Å². The zero-order chi connectivity index (χ0) is 13.3. The number of hydrogen-bond donors (Lipinski definition) is 1. The van der Waals surface area contributed by atoms with Crippen molar-refractivity contribution in [2.45, 2.75) is 51.7 Å². The molecule has 0 radical (unpaired) electrons. The van der Waals surface area contributed by atoms with Crippen LogP contribution in [-0.4, -0.2) is 47.3 Å². The Morgan fingerprint density at radius 2 is 2.11 bits per heavy atom. The number of morpholine rings is 1. The number of carboxylic acids is 1. The molecule has 0 aromatic carbocycles. The Hall–Kier alpha value is -0.610. The first-order valence-corrected chi connectivity index (χ1v) is 7.00. The molecular weight excluding hydrogens is 230 g/mol. The summed E-state index contributed by atoms with van der Waals surface area (Å²) in [6.07, 6.45) is 2.87. The van der Waals surface area contributed by atoms with E-state index in [-0.39, 0.29) is 17.6 Å². The monoisotopic (exact) mass is 255 g/mol. The fourth-order valence-corrected chi connectivity index (χ4v) is 3.38. The fraction of sp³-hybridized carbons (Fsp3) is 0.929. The van der Waals surface area contributed by atoms with Gasteiger partial charge in [0.05, 0.1) is 18.1 Å². The van der Waals surface area contributed by atoms with Crippen LogP contribution in [0.5, 0.6) is 0 Å². The van der Waals surface area contributed by atoms with Gasteiger partial charge in [0.1, 0.15) is 0 Å². The molecule has 1 saturated carbocycles. The van der Waals surface area contributed by atoms with Gasteiger partial charge >= 0.3 is 5.97 Å². The highest BCUT2D eigenvalue weighted by molar-refractivity contribution is 5.71. The van der Waals surface area contributed by atoms with Gasteiger partial charge in [-0.3, -0.25) is 9.69 Å². The number of carboxylic acid groups (broad SMARTS) is 1. The molecule has 2 aliphatic rings. The highest BCUT2D eigenvalue weighted by Gasteiger charge is 2.40. The zero-order valence-electron chi connectivity index (χ0n) is 11.7. The van der Waals surface area contributed by atoms with E-state index in [0.29, 0.717) is 12.5 Å². The Balaban J connectivity index is 2.09. The number of aliphatic carboxylic acids is 1. The Kier molecular flexibility index (Phi) is 3.97. The van der Waals surface area contributed by atoms with Crippen molar-refractivity contribution in [3.8, 4) is 0 Å². The van der Waals surface area contributed by atoms with Gasteiger partial charge in [-0.25, -0.2) is 0 Å². The lowest BCUT2D eigenvalue weighted by molar-refractivity contribution is -0.151. The second-order valence-corrected chi connectivity index (χ2v) is 6.51. The molecule has 0 amide bonds. The first-order chi connectivity index (χ1) is 8.39. The lowest BCUT2D eigenvalue weighted by Crippen LogP contribution is -2.56. The second-order valence-electron chi connectivity index (χ2n) is 6.51. The fourth-order valence-electron chi connectivity index (χ4n) is 3.38. The Bertz CT molecular complexity index is 316. The highest BCUT2D eigenvalue weighted by atomic mass is 16.5. The van der Waals surface area contributed by atoms with Crippen molar-refractivity contribution in [1.29, 1.82) is 0 Å². The predicted molar refractivity (Wildman–Crippen MR) is 69.5 cm³/mol. The minimum absolute atomic E-state index is 0.151. The second kappa shape index (κ2) is 5.17. The van der Waals surface area contributed by atoms with Crippen LogP contribution in [0.25, 0.3) is 0 Å². The molecule has 1 aliphatic carbocycles. The number of ether oxygens (including phenoxy) is 1. The van der Waals surface area contributed by atoms with Crippen molar-refractivity contribution < 1.29 is 14.6 Å². The maximum Gasteiger partial charge on any atom is 0.308 e. The molecule has 2 fully saturated rings. The van der Waals surface area contributed by atoms with E-state index in [2.05, 4.69) is 25.7 Å². The van der Waals surface area contributed by atoms with Crippen LogP contribution in [0.4, 0.5) is 0 Å². The Labute approximate surface area is 109 Å². The van der Waals surface area contributed by atoms with Gasteiger partial charge < -0.3 is 9.84 Å². The average molecular weight is 255 g/mol. The zero-order valence-corrected chi connectivity index (χ0v) is 11.7. The van der Waals surface area contributed by atoms with E-state index in [1.807, 2.05) is 0 Å². The summed E-state index contributed by atoms with van der Waals surface area (Å²) in [5.41, 5.74) is -0.151. The van der Waals surface area contributed by atoms with E-state index in [4.69, 9.17) is 4.74 Å². The summed E-state index contributed by atoms with van der Waals surface area (Å²) in [6.45, 7) is 8.82. The molecule has 0 aromatic rings. The summed E-state index contributed by atoms with van der Waals surface area (Å²) in [6, 6.07) is 0.189. The summed E-state index contributed by atoms with van der Waals surface area (Å²) in [5.74, 6) is -0.192. The average Bonchev–Trinajstić information content (AvgIpc) is 2.27. The third-order valence-electron chi connectivity index (χ3n) is 4.32. The van der Waals surface area contributed by atoms with Crippen LogP contribution >= 0.6 is 0 Å². The maximum atomic E-state index is 11.4. The number of rotatable bonds is 2. The summed E-state index contributed by atoms with van der Waals surface area (Å²) in [7, 11) is 0. The van der Waals surface area contributed by atoms with Crippen LogP contribution in [0.1, 0.15) is 40.0 Å². The molecule has 1 aliphatic heterocycles. The highest BCUT2D eigenvalue weighted by Crippen LogP contribution is 2.34. The van der Waals surface area contributed by atoms with Gasteiger partial charge in [0.25, 0.3) is 0 Å². The lowest BCUT2D eigenvalue weighted by atomic mass is 9.78. The van der Waals surface area contributed by atoms with E-state index in [1.165, 1.54) is 0 Å². The first-order valence-electron chi connectivity index (χ1n) is 7.00. The standard InChI is InChI=1S/C14H25NO3/c1-10-4-5-11(13(16)17)12(8-10)15-6-7-18-14(2,3)9-15/h10-12H,4-9H2,1-3H3,(H,16,17). The maximum absolute atomic E-state index is 11.4. The molecule has 104 valence electrons. The molecular formula is C14H25NO3. The predicted octanol–water partition coefficient (Wildman–Crippen LogP) is 1.99. The number of carbonyl (C=O) groups is 1. The Morgan fingerprint density at radius 1 is 1.39 bits per heavy atom. The molecule has 1 N–H and O–H groups in total. The van der Waals surface area contributed by atoms with Crippen molar-refractivity contribution >= 4 is 5.97 Å². The molecule has 18 heavy (non-hydrogen) atoms. The van der Waals surface area contributed by atoms with Gasteiger partial charge in [-0.05, 0) is 39.0 Å². The van der Waals surface area contributed by atoms with Crippen molar-refractivity contribution in [3.63, 3.8) is 0 Å². The van der Waals surface area contributed by atoms with Crippen molar-refractivity contribution in [3.05, 3.63) is 0 Å². The minimum Gasteiger partial charge on any atom is -0.481 e. The molecule has 0 aromatic heterocycles. The van der Waals surface area contributed by atoms with Crippen LogP contribution in [0, 0.1) is 11.8 Å². The smallest absolute Gasteiger partial charge is 0.308 e. The van der Waals surface area contributed by atoms with E-state index in [0.717, 1.165) is 32.4 Å². The summed E-state index contributed by atoms with van der Waals surface area (Å²) in [4.78, 5) is 13.8. The van der Waals surface area contributed by atoms with Gasteiger partial charge in [0.15, 0.2) is 0 Å². The molecule has 0 bridgehead atoms. The molecule has 1 saturated heterocycles. The van der Waals surface area contributed by atoms with E-state index in [1.54, 1.807) is 0 Å². The molecule has 4 heteroatoms. The number of nitrogens with zero attached hydrogens (tertiary/aromatic N) is 1. The minimum atomic E-state index is -0.629. The van der Waals surface area contributed by atoms with Gasteiger partial charge in [-0.1, -0.05) is 6.92 Å². The summed E-state index contributed by atoms with van der Waals surface area (Å²) in [5, 5.41) is 9.40. The lowest BCUT2D eigenvalue weighted by Gasteiger charge is -2.46. The largest absolute Gasteiger partial charge is 0.481 e. The molecule has 3 unspecified atom stereocenters. The number of hydrogen-bond acceptors (Lipinski definition) is 3. The molecule has 0 spiro atoms. The topological polar surface area (TPSA) is 49.8 Å². The molecule has 4 nitrogen and oxygen atoms in total. The van der Waals surface area contributed by atoms with Crippen LogP contribution in [0.15, 0.2) is 0 Å². The van der Waals surface area contributed by atoms with E-state index < -0.39 is 5.97 Å². The summed E-state index contributed by atoms with van der Waals surface area (Å²) >= 11 is 0. The third-order valence-corrected chi connectivity index (χ3v) is 4.32. The molecule has 3 atom stereocenters. The van der Waals surface area contributed by atoms with Crippen molar-refractivity contribution in [2.75, 3.05) is 19.7 Å². The third kappa shape index (κ3) is 3.04. The molecule has 2 rings (SSSR count). The van der Waals surface area contributed by atoms with Gasteiger partial charge in [0.2, 0.25) is 0 Å². The van der Waals surface area contributed by atoms with Crippen LogP contribution in [0.3, 0.4) is 0 Å². The van der Waals surface area contributed by atoms with E-state index >= 15 is 0 Å². The van der Waals surface area contributed by atoms with Crippen LogP contribution in [-0.2, 0) is 9.53 Å².